The third-order valence-corrected chi connectivity index (χ3v) is 5.39. The van der Waals surface area contributed by atoms with Crippen LogP contribution in [0.25, 0.3) is 5.57 Å². The number of carbonyl (C=O) groups is 2. The zero-order chi connectivity index (χ0) is 16.4. The Bertz CT molecular complexity index is 786. The summed E-state index contributed by atoms with van der Waals surface area (Å²) in [6.45, 7) is -0.0650. The van der Waals surface area contributed by atoms with E-state index in [4.69, 9.17) is 16.7 Å². The summed E-state index contributed by atoms with van der Waals surface area (Å²) in [6, 6.07) is 10.3. The fourth-order valence-electron chi connectivity index (χ4n) is 2.28. The lowest BCUT2D eigenvalue weighted by Crippen LogP contribution is -2.31. The van der Waals surface area contributed by atoms with Crippen molar-refractivity contribution in [3.05, 3.63) is 56.6 Å². The fraction of sp³-hybridized carbons (Fsp3) is 0.125. The molecule has 2 heterocycles. The molecule has 1 aliphatic heterocycles. The maximum absolute atomic E-state index is 12.8. The van der Waals surface area contributed by atoms with Gasteiger partial charge >= 0.3 is 0 Å². The topological polar surface area (TPSA) is 57.6 Å². The van der Waals surface area contributed by atoms with Gasteiger partial charge in [0.2, 0.25) is 0 Å². The molecule has 0 aliphatic carbocycles. The molecule has 1 aromatic carbocycles. The van der Waals surface area contributed by atoms with Crippen molar-refractivity contribution >= 4 is 57.8 Å². The Morgan fingerprint density at radius 2 is 2.00 bits per heavy atom. The lowest BCUT2D eigenvalue weighted by molar-refractivity contribution is -0.119. The van der Waals surface area contributed by atoms with Gasteiger partial charge < -0.3 is 5.11 Å². The van der Waals surface area contributed by atoms with E-state index in [-0.39, 0.29) is 18.4 Å². The first-order valence-corrected chi connectivity index (χ1v) is 9.04. The maximum atomic E-state index is 12.8. The molecule has 2 amide bonds. The van der Waals surface area contributed by atoms with Gasteiger partial charge in [0.1, 0.15) is 0 Å². The van der Waals surface area contributed by atoms with E-state index in [1.807, 2.05) is 17.5 Å². The Balaban J connectivity index is 2.05. The van der Waals surface area contributed by atoms with Crippen molar-refractivity contribution in [2.75, 3.05) is 17.3 Å². The number of thiophene rings is 1. The molecule has 3 rings (SSSR count). The highest BCUT2D eigenvalue weighted by atomic mass is 35.5. The van der Waals surface area contributed by atoms with Gasteiger partial charge in [-0.3, -0.25) is 9.59 Å². The molecule has 2 aromatic rings. The average molecular weight is 366 g/mol. The minimum absolute atomic E-state index is 0.0650. The van der Waals surface area contributed by atoms with Crippen molar-refractivity contribution < 1.29 is 14.7 Å². The summed E-state index contributed by atoms with van der Waals surface area (Å²) in [7, 11) is 0. The molecular weight excluding hydrogens is 354 g/mol. The van der Waals surface area contributed by atoms with Gasteiger partial charge in [-0.25, -0.2) is 4.90 Å². The van der Waals surface area contributed by atoms with Crippen molar-refractivity contribution in [1.29, 1.82) is 0 Å². The van der Waals surface area contributed by atoms with E-state index in [9.17, 15) is 9.59 Å². The number of rotatable bonds is 5. The van der Waals surface area contributed by atoms with E-state index in [0.29, 0.717) is 26.9 Å². The molecule has 0 radical (unpaired) electrons. The second-order valence-electron chi connectivity index (χ2n) is 4.68. The smallest absolute Gasteiger partial charge is 0.272 e. The summed E-state index contributed by atoms with van der Waals surface area (Å²) in [4.78, 5) is 27.8. The standard InChI is InChI=1S/C16H12ClNO3S2/c17-10-3-1-4-11(9-10)18-15(20)13(12-5-2-7-22-12)14(16(18)21)23-8-6-19/h1-5,7,9,19H,6,8H2. The molecule has 118 valence electrons. The molecule has 0 saturated heterocycles. The van der Waals surface area contributed by atoms with Gasteiger partial charge in [0.25, 0.3) is 11.8 Å². The second-order valence-corrected chi connectivity index (χ2v) is 7.17. The first kappa shape index (κ1) is 16.3. The number of benzene rings is 1. The summed E-state index contributed by atoms with van der Waals surface area (Å²) < 4.78 is 0. The van der Waals surface area contributed by atoms with Crippen molar-refractivity contribution in [1.82, 2.24) is 0 Å². The molecule has 4 nitrogen and oxygen atoms in total. The van der Waals surface area contributed by atoms with Gasteiger partial charge in [-0.2, -0.15) is 0 Å². The first-order chi connectivity index (χ1) is 11.1. The zero-order valence-corrected chi connectivity index (χ0v) is 14.2. The van der Waals surface area contributed by atoms with Crippen LogP contribution in [0.4, 0.5) is 5.69 Å². The lowest BCUT2D eigenvalue weighted by Gasteiger charge is -2.15. The second kappa shape index (κ2) is 6.88. The molecule has 0 saturated carbocycles. The largest absolute Gasteiger partial charge is 0.396 e. The molecule has 0 spiro atoms. The minimum atomic E-state index is -0.376. The normalized spacial score (nSPS) is 15.0. The number of carbonyl (C=O) groups excluding carboxylic acids is 2. The van der Waals surface area contributed by atoms with Crippen LogP contribution in [0.3, 0.4) is 0 Å². The molecule has 0 unspecified atom stereocenters. The summed E-state index contributed by atoms with van der Waals surface area (Å²) >= 11 is 8.58. The summed E-state index contributed by atoms with van der Waals surface area (Å²) in [5.41, 5.74) is 0.838. The van der Waals surface area contributed by atoms with Crippen LogP contribution < -0.4 is 4.90 Å². The van der Waals surface area contributed by atoms with Crippen molar-refractivity contribution in [3.8, 4) is 0 Å². The number of aliphatic hydroxyl groups is 1. The van der Waals surface area contributed by atoms with Crippen LogP contribution >= 0.6 is 34.7 Å². The van der Waals surface area contributed by atoms with Gasteiger partial charge in [-0.1, -0.05) is 23.7 Å². The average Bonchev–Trinajstić information content (AvgIpc) is 3.12. The van der Waals surface area contributed by atoms with E-state index in [2.05, 4.69) is 0 Å². The number of hydrogen-bond acceptors (Lipinski definition) is 5. The zero-order valence-electron chi connectivity index (χ0n) is 11.9. The molecular formula is C16H12ClNO3S2. The van der Waals surface area contributed by atoms with Crippen LogP contribution in [0.5, 0.6) is 0 Å². The highest BCUT2D eigenvalue weighted by Crippen LogP contribution is 2.39. The Labute approximate surface area is 146 Å². The quantitative estimate of drug-likeness (QED) is 0.825. The highest BCUT2D eigenvalue weighted by Gasteiger charge is 2.40. The number of nitrogens with zero attached hydrogens (tertiary/aromatic N) is 1. The molecule has 23 heavy (non-hydrogen) atoms. The molecule has 0 atom stereocenters. The Morgan fingerprint density at radius 1 is 1.17 bits per heavy atom. The molecule has 1 N–H and O–H groups in total. The predicted octanol–water partition coefficient (Wildman–Crippen LogP) is 3.41. The van der Waals surface area contributed by atoms with Gasteiger partial charge in [0.05, 0.1) is 22.8 Å². The van der Waals surface area contributed by atoms with Crippen LogP contribution in [0.1, 0.15) is 4.88 Å². The van der Waals surface area contributed by atoms with Crippen molar-refractivity contribution in [3.63, 3.8) is 0 Å². The van der Waals surface area contributed by atoms with E-state index in [1.54, 1.807) is 24.3 Å². The third-order valence-electron chi connectivity index (χ3n) is 3.21. The van der Waals surface area contributed by atoms with Crippen molar-refractivity contribution in [2.45, 2.75) is 0 Å². The molecule has 0 fully saturated rings. The summed E-state index contributed by atoms with van der Waals surface area (Å²) in [6.07, 6.45) is 0. The van der Waals surface area contributed by atoms with E-state index in [1.165, 1.54) is 23.1 Å². The van der Waals surface area contributed by atoms with Gasteiger partial charge in [0.15, 0.2) is 0 Å². The van der Waals surface area contributed by atoms with E-state index < -0.39 is 0 Å². The number of thioether (sulfide) groups is 1. The molecule has 1 aromatic heterocycles. The number of amides is 2. The molecule has 7 heteroatoms. The SMILES string of the molecule is O=C1C(SCCO)=C(c2cccs2)C(=O)N1c1cccc(Cl)c1. The summed E-state index contributed by atoms with van der Waals surface area (Å²) in [5.74, 6) is -0.383. The number of aliphatic hydroxyl groups excluding tert-OH is 1. The van der Waals surface area contributed by atoms with Crippen LogP contribution in [0.2, 0.25) is 5.02 Å². The molecule has 1 aliphatic rings. The van der Waals surface area contributed by atoms with Crippen LogP contribution in [0, 0.1) is 0 Å². The molecule has 0 bridgehead atoms. The lowest BCUT2D eigenvalue weighted by atomic mass is 10.2. The van der Waals surface area contributed by atoms with E-state index in [0.717, 1.165) is 9.78 Å². The minimum Gasteiger partial charge on any atom is -0.396 e. The summed E-state index contributed by atoms with van der Waals surface area (Å²) in [5, 5.41) is 11.4. The monoisotopic (exact) mass is 365 g/mol. The first-order valence-electron chi connectivity index (χ1n) is 6.79. The third kappa shape index (κ3) is 3.07. The fourth-order valence-corrected chi connectivity index (χ4v) is 4.15. The van der Waals surface area contributed by atoms with Crippen LogP contribution in [0.15, 0.2) is 46.7 Å². The Kier molecular flexibility index (Phi) is 4.87. The maximum Gasteiger partial charge on any atom is 0.272 e. The highest BCUT2D eigenvalue weighted by molar-refractivity contribution is 8.04. The predicted molar refractivity (Wildman–Crippen MR) is 94.7 cm³/mol. The van der Waals surface area contributed by atoms with E-state index >= 15 is 0 Å². The Morgan fingerprint density at radius 3 is 2.65 bits per heavy atom. The number of anilines is 1. The van der Waals surface area contributed by atoms with Crippen LogP contribution in [-0.4, -0.2) is 29.3 Å². The van der Waals surface area contributed by atoms with Crippen LogP contribution in [-0.2, 0) is 9.59 Å². The number of halogens is 1. The van der Waals surface area contributed by atoms with Crippen molar-refractivity contribution in [2.24, 2.45) is 0 Å². The number of hydrogen-bond donors (Lipinski definition) is 1. The van der Waals surface area contributed by atoms with Gasteiger partial charge in [-0.05, 0) is 29.6 Å². The number of imide groups is 1. The Hall–Kier alpha value is -1.60. The van der Waals surface area contributed by atoms with Gasteiger partial charge in [-0.15, -0.1) is 23.1 Å². The van der Waals surface area contributed by atoms with Gasteiger partial charge in [0, 0.05) is 15.7 Å².